The minimum atomic E-state index is -0.840. The highest BCUT2D eigenvalue weighted by Gasteiger charge is 2.66. The summed E-state index contributed by atoms with van der Waals surface area (Å²) in [5.41, 5.74) is -0.391. The van der Waals surface area contributed by atoms with E-state index >= 15 is 0 Å². The lowest BCUT2D eigenvalue weighted by atomic mass is 10.1. The smallest absolute Gasteiger partial charge is 0.307 e. The third kappa shape index (κ3) is 2.76. The molecule has 0 bridgehead atoms. The standard InChI is InChI=1S/C14H23NO3S/c1-13(2)5-6-15(7-8-19-13)11(16)9-10(12(17)18)14(9,3)4/h9-10H,5-8H2,1-4H3,(H,17,18)/t9-,10+/m1/s1. The van der Waals surface area contributed by atoms with Crippen LogP contribution in [-0.4, -0.2) is 45.5 Å². The van der Waals surface area contributed by atoms with Crippen LogP contribution in [0.15, 0.2) is 0 Å². The van der Waals surface area contributed by atoms with Gasteiger partial charge in [0, 0.05) is 23.6 Å². The van der Waals surface area contributed by atoms with E-state index in [4.69, 9.17) is 0 Å². The second-order valence-corrected chi connectivity index (χ2v) is 8.60. The van der Waals surface area contributed by atoms with Crippen LogP contribution in [0, 0.1) is 17.3 Å². The molecule has 0 spiro atoms. The van der Waals surface area contributed by atoms with Gasteiger partial charge >= 0.3 is 5.97 Å². The molecule has 1 heterocycles. The van der Waals surface area contributed by atoms with Crippen molar-refractivity contribution in [3.05, 3.63) is 0 Å². The molecule has 1 aliphatic carbocycles. The van der Waals surface area contributed by atoms with Crippen molar-refractivity contribution in [2.75, 3.05) is 18.8 Å². The first-order valence-corrected chi connectivity index (χ1v) is 7.81. The van der Waals surface area contributed by atoms with Crippen LogP contribution in [0.2, 0.25) is 0 Å². The quantitative estimate of drug-likeness (QED) is 0.844. The van der Waals surface area contributed by atoms with Crippen LogP contribution < -0.4 is 0 Å². The molecule has 5 heteroatoms. The molecular weight excluding hydrogens is 262 g/mol. The van der Waals surface area contributed by atoms with Gasteiger partial charge in [0.05, 0.1) is 11.8 Å². The molecule has 1 N–H and O–H groups in total. The molecule has 0 aromatic rings. The third-order valence-electron chi connectivity index (χ3n) is 4.51. The minimum Gasteiger partial charge on any atom is -0.481 e. The van der Waals surface area contributed by atoms with Gasteiger partial charge in [0.2, 0.25) is 5.91 Å². The van der Waals surface area contributed by atoms with Crippen molar-refractivity contribution < 1.29 is 14.7 Å². The Kier molecular flexibility index (Phi) is 3.62. The van der Waals surface area contributed by atoms with Gasteiger partial charge < -0.3 is 10.0 Å². The first kappa shape index (κ1) is 14.7. The first-order chi connectivity index (χ1) is 8.67. The van der Waals surface area contributed by atoms with Crippen molar-refractivity contribution in [2.45, 2.75) is 38.9 Å². The first-order valence-electron chi connectivity index (χ1n) is 6.82. The van der Waals surface area contributed by atoms with Gasteiger partial charge in [-0.1, -0.05) is 27.7 Å². The number of nitrogens with zero attached hydrogens (tertiary/aromatic N) is 1. The topological polar surface area (TPSA) is 57.6 Å². The van der Waals surface area contributed by atoms with Crippen LogP contribution in [0.4, 0.5) is 0 Å². The molecular formula is C14H23NO3S. The van der Waals surface area contributed by atoms with Gasteiger partial charge in [-0.05, 0) is 11.8 Å². The molecule has 2 rings (SSSR count). The van der Waals surface area contributed by atoms with Crippen molar-refractivity contribution >= 4 is 23.6 Å². The molecule has 1 amide bonds. The Balaban J connectivity index is 2.03. The number of thioether (sulfide) groups is 1. The Hall–Kier alpha value is -0.710. The fourth-order valence-electron chi connectivity index (χ4n) is 3.00. The number of carbonyl (C=O) groups is 2. The highest BCUT2D eigenvalue weighted by atomic mass is 32.2. The Morgan fingerprint density at radius 3 is 2.32 bits per heavy atom. The van der Waals surface area contributed by atoms with Gasteiger partial charge in [0.1, 0.15) is 0 Å². The van der Waals surface area contributed by atoms with Crippen LogP contribution in [0.5, 0.6) is 0 Å². The average Bonchev–Trinajstić information content (AvgIpc) is 2.89. The molecule has 1 aliphatic heterocycles. The van der Waals surface area contributed by atoms with Crippen LogP contribution in [0.1, 0.15) is 34.1 Å². The number of carboxylic acids is 1. The van der Waals surface area contributed by atoms with Gasteiger partial charge in [-0.2, -0.15) is 11.8 Å². The Morgan fingerprint density at radius 1 is 1.16 bits per heavy atom. The molecule has 0 aromatic carbocycles. The number of carboxylic acid groups (broad SMARTS) is 1. The highest BCUT2D eigenvalue weighted by molar-refractivity contribution is 8.00. The number of rotatable bonds is 2. The second-order valence-electron chi connectivity index (χ2n) is 6.80. The lowest BCUT2D eigenvalue weighted by molar-refractivity contribution is -0.142. The molecule has 0 aromatic heterocycles. The van der Waals surface area contributed by atoms with Crippen molar-refractivity contribution in [3.8, 4) is 0 Å². The fourth-order valence-corrected chi connectivity index (χ4v) is 4.10. The molecule has 0 radical (unpaired) electrons. The van der Waals surface area contributed by atoms with E-state index in [-0.39, 0.29) is 16.6 Å². The lowest BCUT2D eigenvalue weighted by Gasteiger charge is -2.23. The molecule has 2 atom stereocenters. The minimum absolute atomic E-state index is 0.0377. The van der Waals surface area contributed by atoms with Gasteiger partial charge in [-0.3, -0.25) is 9.59 Å². The van der Waals surface area contributed by atoms with Gasteiger partial charge in [-0.15, -0.1) is 0 Å². The summed E-state index contributed by atoms with van der Waals surface area (Å²) in [5, 5.41) is 9.17. The number of hydrogen-bond acceptors (Lipinski definition) is 3. The van der Waals surface area contributed by atoms with E-state index in [2.05, 4.69) is 13.8 Å². The number of hydrogen-bond donors (Lipinski definition) is 1. The van der Waals surface area contributed by atoms with E-state index in [1.807, 2.05) is 30.5 Å². The Morgan fingerprint density at radius 2 is 1.79 bits per heavy atom. The predicted octanol–water partition coefficient (Wildman–Crippen LogP) is 2.09. The molecule has 0 unspecified atom stereocenters. The van der Waals surface area contributed by atoms with E-state index in [9.17, 15) is 14.7 Å². The molecule has 1 saturated carbocycles. The molecule has 2 fully saturated rings. The van der Waals surface area contributed by atoms with Crippen LogP contribution in [0.3, 0.4) is 0 Å². The van der Waals surface area contributed by atoms with Crippen LogP contribution in [0.25, 0.3) is 0 Å². The fraction of sp³-hybridized carbons (Fsp3) is 0.857. The number of amides is 1. The van der Waals surface area contributed by atoms with Crippen molar-refractivity contribution in [3.63, 3.8) is 0 Å². The van der Waals surface area contributed by atoms with Crippen molar-refractivity contribution in [1.82, 2.24) is 4.90 Å². The zero-order chi connectivity index (χ0) is 14.4. The van der Waals surface area contributed by atoms with Gasteiger partial charge in [0.25, 0.3) is 0 Å². The summed E-state index contributed by atoms with van der Waals surface area (Å²) in [6.45, 7) is 9.65. The molecule has 4 nitrogen and oxygen atoms in total. The summed E-state index contributed by atoms with van der Waals surface area (Å²) in [5.74, 6) is -0.715. The van der Waals surface area contributed by atoms with Crippen molar-refractivity contribution in [2.24, 2.45) is 17.3 Å². The maximum absolute atomic E-state index is 12.5. The van der Waals surface area contributed by atoms with Crippen LogP contribution >= 0.6 is 11.8 Å². The van der Waals surface area contributed by atoms with Gasteiger partial charge in [0.15, 0.2) is 0 Å². The molecule has 1 saturated heterocycles. The van der Waals surface area contributed by atoms with Gasteiger partial charge in [-0.25, -0.2) is 0 Å². The zero-order valence-electron chi connectivity index (χ0n) is 12.1. The summed E-state index contributed by atoms with van der Waals surface area (Å²) in [7, 11) is 0. The summed E-state index contributed by atoms with van der Waals surface area (Å²) in [6.07, 6.45) is 0.967. The highest BCUT2D eigenvalue weighted by Crippen LogP contribution is 2.59. The van der Waals surface area contributed by atoms with E-state index in [1.165, 1.54) is 0 Å². The van der Waals surface area contributed by atoms with E-state index in [1.54, 1.807) is 0 Å². The second kappa shape index (κ2) is 4.69. The Bertz CT molecular complexity index is 405. The summed E-state index contributed by atoms with van der Waals surface area (Å²) < 4.78 is 0.209. The van der Waals surface area contributed by atoms with Crippen molar-refractivity contribution in [1.29, 1.82) is 0 Å². The van der Waals surface area contributed by atoms with E-state index in [0.717, 1.165) is 25.3 Å². The summed E-state index contributed by atoms with van der Waals surface area (Å²) in [6, 6.07) is 0. The summed E-state index contributed by atoms with van der Waals surface area (Å²) in [4.78, 5) is 25.6. The van der Waals surface area contributed by atoms with E-state index in [0.29, 0.717) is 0 Å². The summed E-state index contributed by atoms with van der Waals surface area (Å²) >= 11 is 1.89. The SMILES string of the molecule is CC1(C)CCN(C(=O)[C@H]2[C@@H](C(=O)O)C2(C)C)CCS1. The molecule has 2 aliphatic rings. The van der Waals surface area contributed by atoms with Crippen LogP contribution in [-0.2, 0) is 9.59 Å². The molecule has 19 heavy (non-hydrogen) atoms. The Labute approximate surface area is 118 Å². The number of aliphatic carboxylic acids is 1. The maximum atomic E-state index is 12.5. The monoisotopic (exact) mass is 285 g/mol. The predicted molar refractivity (Wildman–Crippen MR) is 76.1 cm³/mol. The largest absolute Gasteiger partial charge is 0.481 e. The molecule has 108 valence electrons. The van der Waals surface area contributed by atoms with E-state index < -0.39 is 17.3 Å². The zero-order valence-corrected chi connectivity index (χ0v) is 12.9. The maximum Gasteiger partial charge on any atom is 0.307 e. The average molecular weight is 285 g/mol. The third-order valence-corrected chi connectivity index (χ3v) is 5.88. The normalized spacial score (nSPS) is 32.5. The number of carbonyl (C=O) groups excluding carboxylic acids is 1. The lowest BCUT2D eigenvalue weighted by Crippen LogP contribution is -2.36.